The zero-order chi connectivity index (χ0) is 11.7. The first-order valence-corrected chi connectivity index (χ1v) is 5.77. The smallest absolute Gasteiger partial charge is 0.245 e. The Balaban J connectivity index is 2.77. The third-order valence-electron chi connectivity index (χ3n) is 2.79. The van der Waals surface area contributed by atoms with Crippen molar-refractivity contribution in [3.05, 3.63) is 17.5 Å². The van der Waals surface area contributed by atoms with Gasteiger partial charge in [-0.3, -0.25) is 4.79 Å². The number of nitrogens with two attached hydrogens (primary N) is 1. The minimum Gasteiger partial charge on any atom is -0.317 e. The Morgan fingerprint density at radius 2 is 2.00 bits per heavy atom. The molecule has 0 fully saturated rings. The molecule has 3 nitrogen and oxygen atoms in total. The zero-order valence-corrected chi connectivity index (χ0v) is 10.4. The second kappa shape index (κ2) is 3.94. The molecule has 0 bridgehead atoms. The van der Waals surface area contributed by atoms with Gasteiger partial charge in [0.05, 0.1) is 10.5 Å². The van der Waals surface area contributed by atoms with E-state index >= 15 is 0 Å². The Bertz CT molecular complexity index is 336. The molecule has 0 aliphatic rings. The lowest BCUT2D eigenvalue weighted by atomic mass is 9.75. The highest BCUT2D eigenvalue weighted by Crippen LogP contribution is 2.29. The fourth-order valence-electron chi connectivity index (χ4n) is 0.932. The molecule has 1 amide bonds. The van der Waals surface area contributed by atoms with Gasteiger partial charge < -0.3 is 11.1 Å². The van der Waals surface area contributed by atoms with Gasteiger partial charge in [-0.15, -0.1) is 11.3 Å². The van der Waals surface area contributed by atoms with E-state index in [1.165, 1.54) is 11.3 Å². The topological polar surface area (TPSA) is 55.1 Å². The second-order valence-electron chi connectivity index (χ2n) is 4.88. The van der Waals surface area contributed by atoms with E-state index in [2.05, 4.69) is 5.32 Å². The summed E-state index contributed by atoms with van der Waals surface area (Å²) in [6, 6.07) is 3.76. The minimum absolute atomic E-state index is 0.141. The average molecular weight is 226 g/mol. The summed E-state index contributed by atoms with van der Waals surface area (Å²) >= 11 is 1.49. The fraction of sp³-hybridized carbons (Fsp3) is 0.545. The highest BCUT2D eigenvalue weighted by atomic mass is 32.1. The van der Waals surface area contributed by atoms with Crippen LogP contribution in [0.3, 0.4) is 0 Å². The van der Waals surface area contributed by atoms with Crippen molar-refractivity contribution in [2.75, 3.05) is 5.32 Å². The summed E-state index contributed by atoms with van der Waals surface area (Å²) in [7, 11) is 0. The quantitative estimate of drug-likeness (QED) is 0.814. The van der Waals surface area contributed by atoms with E-state index in [4.69, 9.17) is 5.73 Å². The van der Waals surface area contributed by atoms with Gasteiger partial charge in [-0.2, -0.15) is 0 Å². The summed E-state index contributed by atoms with van der Waals surface area (Å²) in [5.74, 6) is -0.141. The number of carbonyl (C=O) groups is 1. The van der Waals surface area contributed by atoms with Gasteiger partial charge in [0.15, 0.2) is 0 Å². The van der Waals surface area contributed by atoms with E-state index in [1.807, 2.05) is 38.3 Å². The summed E-state index contributed by atoms with van der Waals surface area (Å²) in [4.78, 5) is 11.9. The van der Waals surface area contributed by atoms with Crippen molar-refractivity contribution in [3.63, 3.8) is 0 Å². The van der Waals surface area contributed by atoms with Gasteiger partial charge in [-0.1, -0.05) is 20.8 Å². The van der Waals surface area contributed by atoms with Crippen molar-refractivity contribution in [1.82, 2.24) is 0 Å². The van der Waals surface area contributed by atoms with Crippen molar-refractivity contribution < 1.29 is 4.79 Å². The van der Waals surface area contributed by atoms with Crippen molar-refractivity contribution in [2.45, 2.75) is 33.2 Å². The van der Waals surface area contributed by atoms with Crippen LogP contribution >= 0.6 is 11.3 Å². The van der Waals surface area contributed by atoms with Crippen LogP contribution in [0.25, 0.3) is 0 Å². The van der Waals surface area contributed by atoms with Crippen LogP contribution in [0.2, 0.25) is 0 Å². The van der Waals surface area contributed by atoms with Crippen molar-refractivity contribution in [2.24, 2.45) is 11.1 Å². The highest BCUT2D eigenvalue weighted by Gasteiger charge is 2.40. The predicted octanol–water partition coefficient (Wildman–Crippen LogP) is 2.45. The number of nitrogens with one attached hydrogen (secondary N) is 1. The minimum atomic E-state index is -0.878. The van der Waals surface area contributed by atoms with Crippen LogP contribution in [0.4, 0.5) is 5.00 Å². The van der Waals surface area contributed by atoms with Crippen LogP contribution in [0, 0.1) is 5.41 Å². The van der Waals surface area contributed by atoms with Crippen LogP contribution in [0.5, 0.6) is 0 Å². The summed E-state index contributed by atoms with van der Waals surface area (Å²) < 4.78 is 0. The van der Waals surface area contributed by atoms with Crippen LogP contribution in [-0.4, -0.2) is 11.4 Å². The van der Waals surface area contributed by atoms with Gasteiger partial charge in [-0.25, -0.2) is 0 Å². The summed E-state index contributed by atoms with van der Waals surface area (Å²) in [5, 5.41) is 5.57. The Morgan fingerprint density at radius 1 is 1.40 bits per heavy atom. The first-order chi connectivity index (χ1) is 6.75. The molecule has 0 radical (unpaired) electrons. The molecular weight excluding hydrogens is 208 g/mol. The van der Waals surface area contributed by atoms with Gasteiger partial charge in [0.25, 0.3) is 0 Å². The molecule has 1 aromatic rings. The fourth-order valence-corrected chi connectivity index (χ4v) is 1.54. The van der Waals surface area contributed by atoms with Crippen molar-refractivity contribution in [1.29, 1.82) is 0 Å². The van der Waals surface area contributed by atoms with E-state index in [1.54, 1.807) is 6.92 Å². The molecule has 0 aromatic carbocycles. The maximum absolute atomic E-state index is 11.9. The molecule has 1 aromatic heterocycles. The lowest BCUT2D eigenvalue weighted by molar-refractivity contribution is -0.124. The molecule has 15 heavy (non-hydrogen) atoms. The third kappa shape index (κ3) is 2.58. The molecule has 0 saturated heterocycles. The Labute approximate surface area is 94.7 Å². The zero-order valence-electron chi connectivity index (χ0n) is 9.63. The summed E-state index contributed by atoms with van der Waals surface area (Å²) in [6.07, 6.45) is 0. The maximum atomic E-state index is 11.9. The molecular formula is C11H18N2OS. The first-order valence-electron chi connectivity index (χ1n) is 4.89. The number of hydrogen-bond acceptors (Lipinski definition) is 3. The molecule has 0 saturated carbocycles. The van der Waals surface area contributed by atoms with E-state index < -0.39 is 5.54 Å². The van der Waals surface area contributed by atoms with E-state index in [0.717, 1.165) is 5.00 Å². The monoisotopic (exact) mass is 226 g/mol. The molecule has 3 N–H and O–H groups in total. The normalized spacial score (nSPS) is 15.8. The molecule has 0 aliphatic carbocycles. The molecule has 0 spiro atoms. The first kappa shape index (κ1) is 12.2. The molecule has 1 rings (SSSR count). The van der Waals surface area contributed by atoms with Crippen LogP contribution < -0.4 is 11.1 Å². The highest BCUT2D eigenvalue weighted by molar-refractivity contribution is 7.14. The van der Waals surface area contributed by atoms with E-state index in [9.17, 15) is 4.79 Å². The van der Waals surface area contributed by atoms with E-state index in [-0.39, 0.29) is 11.3 Å². The average Bonchev–Trinajstić information content (AvgIpc) is 2.54. The molecule has 84 valence electrons. The predicted molar refractivity (Wildman–Crippen MR) is 65.0 cm³/mol. The van der Waals surface area contributed by atoms with Crippen molar-refractivity contribution in [3.8, 4) is 0 Å². The summed E-state index contributed by atoms with van der Waals surface area (Å²) in [6.45, 7) is 7.64. The molecule has 0 aliphatic heterocycles. The van der Waals surface area contributed by atoms with Crippen molar-refractivity contribution >= 4 is 22.2 Å². The molecule has 1 atom stereocenters. The largest absolute Gasteiger partial charge is 0.317 e. The number of anilines is 1. The van der Waals surface area contributed by atoms with Crippen LogP contribution in [0.15, 0.2) is 17.5 Å². The lowest BCUT2D eigenvalue weighted by Gasteiger charge is -2.36. The van der Waals surface area contributed by atoms with Gasteiger partial charge in [0, 0.05) is 0 Å². The van der Waals surface area contributed by atoms with Gasteiger partial charge in [0.2, 0.25) is 5.91 Å². The Morgan fingerprint density at radius 3 is 2.40 bits per heavy atom. The maximum Gasteiger partial charge on any atom is 0.245 e. The molecule has 1 heterocycles. The van der Waals surface area contributed by atoms with Gasteiger partial charge in [-0.05, 0) is 29.9 Å². The number of thiophene rings is 1. The van der Waals surface area contributed by atoms with E-state index in [0.29, 0.717) is 0 Å². The Kier molecular flexibility index (Phi) is 3.21. The standard InChI is InChI=1S/C11H18N2OS/c1-10(2,3)11(4,12)9(14)13-8-6-5-7-15-8/h5-7H,12H2,1-4H3,(H,13,14). The SMILES string of the molecule is CC(C)(C)C(C)(N)C(=O)Nc1cccs1. The lowest BCUT2D eigenvalue weighted by Crippen LogP contribution is -2.57. The number of hydrogen-bond donors (Lipinski definition) is 2. The van der Waals surface area contributed by atoms with Gasteiger partial charge in [0.1, 0.15) is 0 Å². The summed E-state index contributed by atoms with van der Waals surface area (Å²) in [5.41, 5.74) is 4.90. The second-order valence-corrected chi connectivity index (χ2v) is 5.83. The molecule has 4 heteroatoms. The number of carbonyl (C=O) groups excluding carboxylic acids is 1. The van der Waals surface area contributed by atoms with Gasteiger partial charge >= 0.3 is 0 Å². The molecule has 1 unspecified atom stereocenters. The Hall–Kier alpha value is -0.870. The number of rotatable bonds is 2. The number of amides is 1. The van der Waals surface area contributed by atoms with Crippen LogP contribution in [0.1, 0.15) is 27.7 Å². The third-order valence-corrected chi connectivity index (χ3v) is 3.57. The van der Waals surface area contributed by atoms with Crippen LogP contribution in [-0.2, 0) is 4.79 Å².